The van der Waals surface area contributed by atoms with Crippen LogP contribution in [-0.2, 0) is 10.2 Å². The number of morpholine rings is 1. The number of ether oxygens (including phenoxy) is 1. The molecule has 2 fully saturated rings. The Morgan fingerprint density at radius 2 is 2.00 bits per heavy atom. The van der Waals surface area contributed by atoms with Gasteiger partial charge >= 0.3 is 0 Å². The fourth-order valence-electron chi connectivity index (χ4n) is 3.19. The Balaban J connectivity index is 1.59. The van der Waals surface area contributed by atoms with E-state index in [0.29, 0.717) is 0 Å². The second-order valence-electron chi connectivity index (χ2n) is 7.52. The molecule has 124 valence electrons. The van der Waals surface area contributed by atoms with E-state index in [-0.39, 0.29) is 5.41 Å². The van der Waals surface area contributed by atoms with E-state index in [1.165, 1.54) is 19.4 Å². The van der Waals surface area contributed by atoms with E-state index in [9.17, 15) is 0 Å². The molecule has 1 atom stereocenters. The van der Waals surface area contributed by atoms with Crippen molar-refractivity contribution < 1.29 is 4.74 Å². The highest BCUT2D eigenvalue weighted by Crippen LogP contribution is 2.28. The molecule has 2 aliphatic rings. The second kappa shape index (κ2) is 6.81. The van der Waals surface area contributed by atoms with E-state index in [1.807, 2.05) is 0 Å². The summed E-state index contributed by atoms with van der Waals surface area (Å²) in [6, 6.07) is 0. The van der Waals surface area contributed by atoms with Gasteiger partial charge in [0.25, 0.3) is 0 Å². The van der Waals surface area contributed by atoms with Gasteiger partial charge in [-0.05, 0) is 18.8 Å². The molecule has 1 aromatic heterocycles. The van der Waals surface area contributed by atoms with Gasteiger partial charge in [-0.3, -0.25) is 4.90 Å². The molecule has 0 spiro atoms. The van der Waals surface area contributed by atoms with Gasteiger partial charge in [-0.2, -0.15) is 4.37 Å². The molecule has 0 amide bonds. The van der Waals surface area contributed by atoms with E-state index in [0.717, 1.165) is 56.3 Å². The molecule has 0 aliphatic carbocycles. The summed E-state index contributed by atoms with van der Waals surface area (Å²) in [7, 11) is 0. The molecule has 0 saturated carbocycles. The summed E-state index contributed by atoms with van der Waals surface area (Å²) in [5, 5.41) is 1.11. The molecule has 22 heavy (non-hydrogen) atoms. The van der Waals surface area contributed by atoms with Crippen LogP contribution < -0.4 is 4.90 Å². The maximum Gasteiger partial charge on any atom is 0.205 e. The van der Waals surface area contributed by atoms with Crippen LogP contribution in [0.5, 0.6) is 0 Å². The number of nitrogens with zero attached hydrogens (tertiary/aromatic N) is 4. The Kier molecular flexibility index (Phi) is 5.00. The standard InChI is InChI=1S/C16H28N4OS/c1-16(2,3)14-17-15(22-18-14)20-6-4-5-13(12-20)11-19-7-9-21-10-8-19/h13H,4-12H2,1-3H3. The zero-order valence-electron chi connectivity index (χ0n) is 14.0. The fourth-order valence-corrected chi connectivity index (χ4v) is 4.08. The lowest BCUT2D eigenvalue weighted by Gasteiger charge is -2.36. The first-order valence-electron chi connectivity index (χ1n) is 8.41. The van der Waals surface area contributed by atoms with Gasteiger partial charge in [-0.1, -0.05) is 20.8 Å². The SMILES string of the molecule is CC(C)(C)c1nsc(N2CCCC(CN3CCOCC3)C2)n1. The topological polar surface area (TPSA) is 41.5 Å². The number of rotatable bonds is 3. The van der Waals surface area contributed by atoms with Crippen molar-refractivity contribution in [1.29, 1.82) is 0 Å². The van der Waals surface area contributed by atoms with Gasteiger partial charge in [-0.15, -0.1) is 0 Å². The molecule has 3 rings (SSSR count). The Bertz CT molecular complexity index is 479. The van der Waals surface area contributed by atoms with Crippen LogP contribution in [0.3, 0.4) is 0 Å². The van der Waals surface area contributed by atoms with Crippen LogP contribution in [0, 0.1) is 5.92 Å². The Morgan fingerprint density at radius 1 is 1.23 bits per heavy atom. The van der Waals surface area contributed by atoms with Crippen LogP contribution in [0.4, 0.5) is 5.13 Å². The van der Waals surface area contributed by atoms with Gasteiger partial charge in [0.05, 0.1) is 13.2 Å². The summed E-state index contributed by atoms with van der Waals surface area (Å²) in [6.07, 6.45) is 2.60. The van der Waals surface area contributed by atoms with Crippen LogP contribution in [-0.4, -0.2) is 60.2 Å². The van der Waals surface area contributed by atoms with Crippen molar-refractivity contribution in [2.45, 2.75) is 39.0 Å². The molecular weight excluding hydrogens is 296 g/mol. The first-order valence-corrected chi connectivity index (χ1v) is 9.19. The number of hydrogen-bond donors (Lipinski definition) is 0. The van der Waals surface area contributed by atoms with Gasteiger partial charge < -0.3 is 9.64 Å². The van der Waals surface area contributed by atoms with Crippen LogP contribution in [0.2, 0.25) is 0 Å². The summed E-state index contributed by atoms with van der Waals surface area (Å²) in [5.74, 6) is 1.72. The minimum Gasteiger partial charge on any atom is -0.379 e. The van der Waals surface area contributed by atoms with Crippen molar-refractivity contribution in [2.75, 3.05) is 50.8 Å². The molecule has 0 N–H and O–H groups in total. The van der Waals surface area contributed by atoms with Crippen LogP contribution >= 0.6 is 11.5 Å². The summed E-state index contributed by atoms with van der Waals surface area (Å²) >= 11 is 1.56. The monoisotopic (exact) mass is 324 g/mol. The smallest absolute Gasteiger partial charge is 0.205 e. The van der Waals surface area contributed by atoms with Crippen molar-refractivity contribution in [3.05, 3.63) is 5.82 Å². The predicted octanol–water partition coefficient (Wildman–Crippen LogP) is 2.38. The normalized spacial score (nSPS) is 24.7. The lowest BCUT2D eigenvalue weighted by Crippen LogP contribution is -2.44. The molecule has 2 saturated heterocycles. The average molecular weight is 324 g/mol. The Hall–Kier alpha value is -0.720. The number of anilines is 1. The highest BCUT2D eigenvalue weighted by atomic mass is 32.1. The molecule has 6 heteroatoms. The molecule has 2 aliphatic heterocycles. The van der Waals surface area contributed by atoms with Crippen molar-refractivity contribution in [3.8, 4) is 0 Å². The van der Waals surface area contributed by atoms with Gasteiger partial charge in [0.15, 0.2) is 0 Å². The zero-order chi connectivity index (χ0) is 15.6. The van der Waals surface area contributed by atoms with Crippen LogP contribution in [0.15, 0.2) is 0 Å². The highest BCUT2D eigenvalue weighted by molar-refractivity contribution is 7.09. The molecule has 1 unspecified atom stereocenters. The number of aromatic nitrogens is 2. The maximum absolute atomic E-state index is 5.45. The molecule has 0 bridgehead atoms. The summed E-state index contributed by atoms with van der Waals surface area (Å²) < 4.78 is 10.0. The summed E-state index contributed by atoms with van der Waals surface area (Å²) in [4.78, 5) is 9.79. The van der Waals surface area contributed by atoms with Crippen molar-refractivity contribution in [3.63, 3.8) is 0 Å². The van der Waals surface area contributed by atoms with Gasteiger partial charge in [0.2, 0.25) is 5.13 Å². The first kappa shape index (κ1) is 16.1. The quantitative estimate of drug-likeness (QED) is 0.854. The third kappa shape index (κ3) is 3.97. The summed E-state index contributed by atoms with van der Waals surface area (Å²) in [5.41, 5.74) is 0.0394. The Labute approximate surface area is 137 Å². The van der Waals surface area contributed by atoms with E-state index >= 15 is 0 Å². The van der Waals surface area contributed by atoms with E-state index in [4.69, 9.17) is 9.72 Å². The zero-order valence-corrected chi connectivity index (χ0v) is 14.9. The lowest BCUT2D eigenvalue weighted by molar-refractivity contribution is 0.0296. The maximum atomic E-state index is 5.45. The molecular formula is C16H28N4OS. The number of hydrogen-bond acceptors (Lipinski definition) is 6. The first-order chi connectivity index (χ1) is 10.5. The third-order valence-corrected chi connectivity index (χ3v) is 5.27. The highest BCUT2D eigenvalue weighted by Gasteiger charge is 2.26. The van der Waals surface area contributed by atoms with Crippen molar-refractivity contribution in [1.82, 2.24) is 14.3 Å². The average Bonchev–Trinajstić information content (AvgIpc) is 2.99. The second-order valence-corrected chi connectivity index (χ2v) is 8.25. The molecule has 0 aromatic carbocycles. The van der Waals surface area contributed by atoms with Gasteiger partial charge in [-0.25, -0.2) is 4.98 Å². The molecule has 0 radical (unpaired) electrons. The third-order valence-electron chi connectivity index (χ3n) is 4.50. The number of piperidine rings is 1. The minimum absolute atomic E-state index is 0.0394. The Morgan fingerprint density at radius 3 is 2.68 bits per heavy atom. The van der Waals surface area contributed by atoms with E-state index in [1.54, 1.807) is 11.5 Å². The summed E-state index contributed by atoms with van der Waals surface area (Å²) in [6.45, 7) is 13.9. The molecule has 1 aromatic rings. The predicted molar refractivity (Wildman–Crippen MR) is 90.8 cm³/mol. The molecule has 3 heterocycles. The van der Waals surface area contributed by atoms with Crippen molar-refractivity contribution in [2.24, 2.45) is 5.92 Å². The van der Waals surface area contributed by atoms with E-state index in [2.05, 4.69) is 34.9 Å². The van der Waals surface area contributed by atoms with Gasteiger partial charge in [0, 0.05) is 49.7 Å². The van der Waals surface area contributed by atoms with Crippen molar-refractivity contribution >= 4 is 16.7 Å². The fraction of sp³-hybridized carbons (Fsp3) is 0.875. The van der Waals surface area contributed by atoms with Crippen LogP contribution in [0.1, 0.15) is 39.4 Å². The minimum atomic E-state index is 0.0394. The van der Waals surface area contributed by atoms with Gasteiger partial charge in [0.1, 0.15) is 5.82 Å². The van der Waals surface area contributed by atoms with E-state index < -0.39 is 0 Å². The largest absolute Gasteiger partial charge is 0.379 e. The van der Waals surface area contributed by atoms with Crippen LogP contribution in [0.25, 0.3) is 0 Å². The molecule has 5 nitrogen and oxygen atoms in total. The lowest BCUT2D eigenvalue weighted by atomic mass is 9.96.